The summed E-state index contributed by atoms with van der Waals surface area (Å²) >= 11 is 0. The molecule has 0 fully saturated rings. The molecule has 3 rings (SSSR count). The Hall–Kier alpha value is -3.22. The van der Waals surface area contributed by atoms with Crippen LogP contribution in [0, 0.1) is 5.92 Å². The number of anilines is 1. The van der Waals surface area contributed by atoms with E-state index in [4.69, 9.17) is 18.9 Å². The van der Waals surface area contributed by atoms with Crippen molar-refractivity contribution < 1.29 is 28.5 Å². The van der Waals surface area contributed by atoms with Gasteiger partial charge in [-0.05, 0) is 42.3 Å². The molecule has 0 bridgehead atoms. The quantitative estimate of drug-likeness (QED) is 0.726. The van der Waals surface area contributed by atoms with E-state index in [2.05, 4.69) is 5.32 Å². The zero-order valence-corrected chi connectivity index (χ0v) is 16.3. The third-order valence-corrected chi connectivity index (χ3v) is 4.26. The molecule has 0 spiro atoms. The highest BCUT2D eigenvalue weighted by Crippen LogP contribution is 2.42. The molecule has 1 aliphatic rings. The lowest BCUT2D eigenvalue weighted by Crippen LogP contribution is -2.12. The topological polar surface area (TPSA) is 83.1 Å². The first-order chi connectivity index (χ1) is 13.4. The molecule has 7 heteroatoms. The maximum Gasteiger partial charge on any atom is 0.344 e. The number of esters is 2. The van der Waals surface area contributed by atoms with E-state index >= 15 is 0 Å². The summed E-state index contributed by atoms with van der Waals surface area (Å²) in [5.74, 6) is 0.227. The van der Waals surface area contributed by atoms with Gasteiger partial charge in [0, 0.05) is 11.3 Å². The first-order valence-corrected chi connectivity index (χ1v) is 8.94. The van der Waals surface area contributed by atoms with Gasteiger partial charge in [0.25, 0.3) is 0 Å². The molecule has 1 heterocycles. The smallest absolute Gasteiger partial charge is 0.344 e. The van der Waals surface area contributed by atoms with Crippen LogP contribution < -0.4 is 14.8 Å². The van der Waals surface area contributed by atoms with Gasteiger partial charge in [-0.1, -0.05) is 13.8 Å². The first-order valence-electron chi connectivity index (χ1n) is 8.94. The number of carbonyl (C=O) groups excluding carboxylic acids is 2. The van der Waals surface area contributed by atoms with Crippen molar-refractivity contribution in [3.05, 3.63) is 53.1 Å². The molecule has 0 unspecified atom stereocenters. The summed E-state index contributed by atoms with van der Waals surface area (Å²) in [5.41, 5.74) is 2.15. The van der Waals surface area contributed by atoms with Crippen LogP contribution in [0.1, 0.15) is 46.4 Å². The van der Waals surface area contributed by atoms with E-state index in [-0.39, 0.29) is 11.9 Å². The van der Waals surface area contributed by atoms with Crippen LogP contribution in [0.3, 0.4) is 0 Å². The van der Waals surface area contributed by atoms with Gasteiger partial charge in [0.15, 0.2) is 11.5 Å². The molecule has 0 saturated carbocycles. The number of fused-ring (bicyclic) bond motifs is 1. The fraction of sp³-hybridized carbons (Fsp3) is 0.333. The van der Waals surface area contributed by atoms with Gasteiger partial charge < -0.3 is 24.3 Å². The van der Waals surface area contributed by atoms with E-state index in [1.165, 1.54) is 14.2 Å². The minimum absolute atomic E-state index is 0.276. The van der Waals surface area contributed by atoms with E-state index in [9.17, 15) is 9.59 Å². The largest absolute Gasteiger partial charge is 0.493 e. The van der Waals surface area contributed by atoms with E-state index in [0.717, 1.165) is 0 Å². The Bertz CT molecular complexity index is 875. The number of carbonyl (C=O) groups is 2. The number of hydrogen-bond acceptors (Lipinski definition) is 7. The van der Waals surface area contributed by atoms with E-state index in [1.54, 1.807) is 36.4 Å². The van der Waals surface area contributed by atoms with Crippen molar-refractivity contribution in [3.63, 3.8) is 0 Å². The average Bonchev–Trinajstić information content (AvgIpc) is 3.01. The number of benzene rings is 2. The predicted octanol–water partition coefficient (Wildman–Crippen LogP) is 3.80. The second-order valence-electron chi connectivity index (χ2n) is 6.76. The van der Waals surface area contributed by atoms with Crippen molar-refractivity contribution in [1.82, 2.24) is 0 Å². The Labute approximate surface area is 163 Å². The van der Waals surface area contributed by atoms with Gasteiger partial charge in [0.05, 0.1) is 26.4 Å². The fourth-order valence-corrected chi connectivity index (χ4v) is 2.89. The standard InChI is InChI=1S/C21H23NO6/c1-12(2)11-27-20(23)13-5-7-14(8-6-13)22-19-15-9-10-16(25-3)18(26-4)17(15)21(24)28-19/h5-10,12,19,22H,11H2,1-4H3/t19-/m1/s1. The summed E-state index contributed by atoms with van der Waals surface area (Å²) in [4.78, 5) is 24.3. The van der Waals surface area contributed by atoms with Crippen molar-refractivity contribution in [2.24, 2.45) is 5.92 Å². The zero-order chi connectivity index (χ0) is 20.3. The van der Waals surface area contributed by atoms with Crippen molar-refractivity contribution in [2.75, 3.05) is 26.1 Å². The Morgan fingerprint density at radius 3 is 2.43 bits per heavy atom. The van der Waals surface area contributed by atoms with Crippen LogP contribution in [0.2, 0.25) is 0 Å². The van der Waals surface area contributed by atoms with Crippen molar-refractivity contribution in [1.29, 1.82) is 0 Å². The lowest BCUT2D eigenvalue weighted by Gasteiger charge is -2.15. The van der Waals surface area contributed by atoms with Gasteiger partial charge in [0.1, 0.15) is 5.56 Å². The zero-order valence-electron chi connectivity index (χ0n) is 16.3. The molecule has 0 aliphatic carbocycles. The highest BCUT2D eigenvalue weighted by molar-refractivity contribution is 5.98. The lowest BCUT2D eigenvalue weighted by atomic mass is 10.1. The summed E-state index contributed by atoms with van der Waals surface area (Å²) in [6, 6.07) is 10.3. The molecule has 2 aromatic carbocycles. The summed E-state index contributed by atoms with van der Waals surface area (Å²) in [5, 5.41) is 3.14. The second kappa shape index (κ2) is 8.21. The van der Waals surface area contributed by atoms with Gasteiger partial charge in [-0.25, -0.2) is 9.59 Å². The van der Waals surface area contributed by atoms with E-state index in [1.807, 2.05) is 13.8 Å². The minimum atomic E-state index is -0.666. The molecule has 0 amide bonds. The van der Waals surface area contributed by atoms with Gasteiger partial charge in [-0.15, -0.1) is 0 Å². The molecule has 1 atom stereocenters. The molecular weight excluding hydrogens is 362 g/mol. The molecular formula is C21H23NO6. The third kappa shape index (κ3) is 3.88. The number of ether oxygens (including phenoxy) is 4. The average molecular weight is 385 g/mol. The summed E-state index contributed by atoms with van der Waals surface area (Å²) < 4.78 is 21.2. The van der Waals surface area contributed by atoms with Gasteiger partial charge in [-0.2, -0.15) is 0 Å². The Balaban J connectivity index is 1.76. The summed E-state index contributed by atoms with van der Waals surface area (Å²) in [6.45, 7) is 4.33. The Morgan fingerprint density at radius 1 is 1.11 bits per heavy atom. The second-order valence-corrected chi connectivity index (χ2v) is 6.76. The van der Waals surface area contributed by atoms with Crippen LogP contribution in [-0.4, -0.2) is 32.8 Å². The van der Waals surface area contributed by atoms with Crippen LogP contribution in [0.5, 0.6) is 11.5 Å². The first kappa shape index (κ1) is 19.5. The number of hydrogen-bond donors (Lipinski definition) is 1. The molecule has 1 N–H and O–H groups in total. The molecule has 7 nitrogen and oxygen atoms in total. The Morgan fingerprint density at radius 2 is 1.82 bits per heavy atom. The highest BCUT2D eigenvalue weighted by atomic mass is 16.6. The molecule has 28 heavy (non-hydrogen) atoms. The molecule has 0 aromatic heterocycles. The third-order valence-electron chi connectivity index (χ3n) is 4.26. The number of nitrogens with one attached hydrogen (secondary N) is 1. The monoisotopic (exact) mass is 385 g/mol. The normalized spacial score (nSPS) is 15.0. The maximum absolute atomic E-state index is 12.3. The van der Waals surface area contributed by atoms with Gasteiger partial charge in [-0.3, -0.25) is 0 Å². The lowest BCUT2D eigenvalue weighted by molar-refractivity contribution is 0.0433. The predicted molar refractivity (Wildman–Crippen MR) is 103 cm³/mol. The van der Waals surface area contributed by atoms with Gasteiger partial charge in [0.2, 0.25) is 6.23 Å². The molecule has 0 saturated heterocycles. The number of methoxy groups -OCH3 is 2. The van der Waals surface area contributed by atoms with Crippen LogP contribution in [0.15, 0.2) is 36.4 Å². The van der Waals surface area contributed by atoms with Crippen molar-refractivity contribution >= 4 is 17.6 Å². The molecule has 0 radical (unpaired) electrons. The summed E-state index contributed by atoms with van der Waals surface area (Å²) in [6.07, 6.45) is -0.666. The van der Waals surface area contributed by atoms with E-state index in [0.29, 0.717) is 40.5 Å². The Kier molecular flexibility index (Phi) is 5.73. The van der Waals surface area contributed by atoms with Gasteiger partial charge >= 0.3 is 11.9 Å². The van der Waals surface area contributed by atoms with Crippen molar-refractivity contribution in [2.45, 2.75) is 20.1 Å². The molecule has 2 aromatic rings. The molecule has 148 valence electrons. The van der Waals surface area contributed by atoms with Crippen LogP contribution in [-0.2, 0) is 9.47 Å². The molecule has 1 aliphatic heterocycles. The SMILES string of the molecule is COc1ccc2c(c1OC)C(=O)O[C@H]2Nc1ccc(C(=O)OCC(C)C)cc1. The fourth-order valence-electron chi connectivity index (χ4n) is 2.89. The maximum atomic E-state index is 12.3. The summed E-state index contributed by atoms with van der Waals surface area (Å²) in [7, 11) is 2.98. The number of cyclic esters (lactones) is 1. The highest BCUT2D eigenvalue weighted by Gasteiger charge is 2.35. The van der Waals surface area contributed by atoms with Crippen molar-refractivity contribution in [3.8, 4) is 11.5 Å². The van der Waals surface area contributed by atoms with Crippen LogP contribution in [0.25, 0.3) is 0 Å². The van der Waals surface area contributed by atoms with Crippen LogP contribution >= 0.6 is 0 Å². The van der Waals surface area contributed by atoms with Crippen LogP contribution in [0.4, 0.5) is 5.69 Å². The minimum Gasteiger partial charge on any atom is -0.493 e. The number of rotatable bonds is 7. The van der Waals surface area contributed by atoms with E-state index < -0.39 is 12.2 Å².